The molecule has 3 aromatic heterocycles. The summed E-state index contributed by atoms with van der Waals surface area (Å²) in [5, 5.41) is 4.72. The summed E-state index contributed by atoms with van der Waals surface area (Å²) in [6.07, 6.45) is 2.57. The molecule has 1 fully saturated rings. The minimum atomic E-state index is -0.175. The second-order valence-electron chi connectivity index (χ2n) is 9.01. The number of rotatable bonds is 6. The molecule has 1 saturated heterocycles. The van der Waals surface area contributed by atoms with E-state index in [-0.39, 0.29) is 5.56 Å². The SMILES string of the molecule is CC(C)Cc1cccc(-c2cc3cc[nH]c(=O)c3c(Nc3ccc(N4CCOCC4)cc3)n2)n1. The summed E-state index contributed by atoms with van der Waals surface area (Å²) in [6.45, 7) is 7.64. The maximum Gasteiger partial charge on any atom is 0.259 e. The Bertz CT molecular complexity index is 1340. The third-order valence-corrected chi connectivity index (χ3v) is 5.95. The number of morpholine rings is 1. The van der Waals surface area contributed by atoms with Gasteiger partial charge in [0, 0.05) is 36.4 Å². The molecule has 34 heavy (non-hydrogen) atoms. The fraction of sp³-hybridized carbons (Fsp3) is 0.296. The molecule has 1 aromatic carbocycles. The lowest BCUT2D eigenvalue weighted by Crippen LogP contribution is -2.36. The van der Waals surface area contributed by atoms with Gasteiger partial charge in [-0.25, -0.2) is 4.98 Å². The van der Waals surface area contributed by atoms with Crippen molar-refractivity contribution in [2.24, 2.45) is 5.92 Å². The van der Waals surface area contributed by atoms with Crippen molar-refractivity contribution in [3.8, 4) is 11.4 Å². The molecule has 0 amide bonds. The van der Waals surface area contributed by atoms with Crippen LogP contribution in [0, 0.1) is 5.92 Å². The van der Waals surface area contributed by atoms with E-state index >= 15 is 0 Å². The number of aromatic amines is 1. The second-order valence-corrected chi connectivity index (χ2v) is 9.01. The Morgan fingerprint density at radius 1 is 1.03 bits per heavy atom. The van der Waals surface area contributed by atoms with E-state index in [0.717, 1.165) is 66.6 Å². The van der Waals surface area contributed by atoms with Crippen LogP contribution < -0.4 is 15.8 Å². The molecule has 0 saturated carbocycles. The maximum atomic E-state index is 12.7. The number of aromatic nitrogens is 3. The van der Waals surface area contributed by atoms with Gasteiger partial charge >= 0.3 is 0 Å². The van der Waals surface area contributed by atoms with E-state index in [2.05, 4.69) is 41.2 Å². The number of hydrogen-bond acceptors (Lipinski definition) is 6. The average Bonchev–Trinajstić information content (AvgIpc) is 2.85. The molecule has 7 nitrogen and oxygen atoms in total. The molecule has 0 atom stereocenters. The highest BCUT2D eigenvalue weighted by Gasteiger charge is 2.14. The van der Waals surface area contributed by atoms with Crippen molar-refractivity contribution in [3.05, 3.63) is 76.8 Å². The van der Waals surface area contributed by atoms with Crippen LogP contribution in [0.15, 0.2) is 65.6 Å². The number of H-pyrrole nitrogens is 1. The zero-order valence-corrected chi connectivity index (χ0v) is 19.5. The van der Waals surface area contributed by atoms with Gasteiger partial charge < -0.3 is 19.9 Å². The van der Waals surface area contributed by atoms with E-state index in [1.165, 1.54) is 0 Å². The molecular formula is C27H29N5O2. The van der Waals surface area contributed by atoms with Crippen molar-refractivity contribution < 1.29 is 4.74 Å². The first kappa shape index (κ1) is 22.1. The molecule has 4 aromatic rings. The normalized spacial score (nSPS) is 14.0. The summed E-state index contributed by atoms with van der Waals surface area (Å²) >= 11 is 0. The Kier molecular flexibility index (Phi) is 6.27. The van der Waals surface area contributed by atoms with E-state index in [0.29, 0.717) is 17.1 Å². The van der Waals surface area contributed by atoms with Crippen LogP contribution >= 0.6 is 0 Å². The van der Waals surface area contributed by atoms with Gasteiger partial charge in [-0.3, -0.25) is 9.78 Å². The fourth-order valence-corrected chi connectivity index (χ4v) is 4.30. The Labute approximate surface area is 198 Å². The highest BCUT2D eigenvalue weighted by molar-refractivity contribution is 5.95. The zero-order valence-electron chi connectivity index (χ0n) is 19.5. The molecule has 0 radical (unpaired) electrons. The molecule has 0 bridgehead atoms. The molecule has 1 aliphatic rings. The first-order valence-electron chi connectivity index (χ1n) is 11.8. The van der Waals surface area contributed by atoms with E-state index in [9.17, 15) is 4.79 Å². The van der Waals surface area contributed by atoms with Crippen LogP contribution in [0.5, 0.6) is 0 Å². The first-order valence-corrected chi connectivity index (χ1v) is 11.8. The maximum absolute atomic E-state index is 12.7. The van der Waals surface area contributed by atoms with Crippen molar-refractivity contribution in [3.63, 3.8) is 0 Å². The van der Waals surface area contributed by atoms with Gasteiger partial charge in [-0.1, -0.05) is 19.9 Å². The predicted molar refractivity (Wildman–Crippen MR) is 137 cm³/mol. The largest absolute Gasteiger partial charge is 0.378 e. The average molecular weight is 456 g/mol. The van der Waals surface area contributed by atoms with Crippen molar-refractivity contribution >= 4 is 28.0 Å². The van der Waals surface area contributed by atoms with Crippen molar-refractivity contribution in [2.75, 3.05) is 36.5 Å². The first-order chi connectivity index (χ1) is 16.6. The van der Waals surface area contributed by atoms with Crippen LogP contribution in [-0.4, -0.2) is 41.3 Å². The minimum Gasteiger partial charge on any atom is -0.378 e. The summed E-state index contributed by atoms with van der Waals surface area (Å²) in [5.41, 5.74) is 4.42. The lowest BCUT2D eigenvalue weighted by atomic mass is 10.1. The molecule has 2 N–H and O–H groups in total. The molecule has 7 heteroatoms. The van der Waals surface area contributed by atoms with Gasteiger partial charge in [-0.05, 0) is 66.3 Å². The van der Waals surface area contributed by atoms with Crippen LogP contribution in [0.2, 0.25) is 0 Å². The van der Waals surface area contributed by atoms with Crippen LogP contribution in [0.3, 0.4) is 0 Å². The Morgan fingerprint density at radius 2 is 1.82 bits per heavy atom. The van der Waals surface area contributed by atoms with Gasteiger partial charge in [0.05, 0.1) is 30.0 Å². The zero-order chi connectivity index (χ0) is 23.5. The van der Waals surface area contributed by atoms with Crippen LogP contribution in [0.25, 0.3) is 22.2 Å². The summed E-state index contributed by atoms with van der Waals surface area (Å²) < 4.78 is 5.45. The van der Waals surface area contributed by atoms with Gasteiger partial charge in [-0.2, -0.15) is 0 Å². The minimum absolute atomic E-state index is 0.175. The molecule has 0 aliphatic carbocycles. The number of ether oxygens (including phenoxy) is 1. The van der Waals surface area contributed by atoms with Crippen LogP contribution in [0.1, 0.15) is 19.5 Å². The second kappa shape index (κ2) is 9.65. The number of anilines is 3. The van der Waals surface area contributed by atoms with E-state index in [4.69, 9.17) is 14.7 Å². The molecule has 0 unspecified atom stereocenters. The topological polar surface area (TPSA) is 83.1 Å². The molecule has 1 aliphatic heterocycles. The molecular weight excluding hydrogens is 426 g/mol. The van der Waals surface area contributed by atoms with Gasteiger partial charge in [0.25, 0.3) is 5.56 Å². The monoisotopic (exact) mass is 455 g/mol. The van der Waals surface area contributed by atoms with Crippen LogP contribution in [0.4, 0.5) is 17.2 Å². The van der Waals surface area contributed by atoms with Gasteiger partial charge in [0.15, 0.2) is 0 Å². The van der Waals surface area contributed by atoms with Gasteiger partial charge in [0.1, 0.15) is 5.82 Å². The van der Waals surface area contributed by atoms with E-state index < -0.39 is 0 Å². The molecule has 4 heterocycles. The number of hydrogen-bond donors (Lipinski definition) is 2. The molecule has 174 valence electrons. The molecule has 0 spiro atoms. The number of benzene rings is 1. The Hall–Kier alpha value is -3.71. The van der Waals surface area contributed by atoms with Crippen molar-refractivity contribution in [1.29, 1.82) is 0 Å². The van der Waals surface area contributed by atoms with Crippen molar-refractivity contribution in [1.82, 2.24) is 15.0 Å². The quantitative estimate of drug-likeness (QED) is 0.436. The van der Waals surface area contributed by atoms with Crippen molar-refractivity contribution in [2.45, 2.75) is 20.3 Å². The Balaban J connectivity index is 1.51. The molecule has 5 rings (SSSR count). The summed E-state index contributed by atoms with van der Waals surface area (Å²) in [5.74, 6) is 1.04. The van der Waals surface area contributed by atoms with Gasteiger partial charge in [-0.15, -0.1) is 0 Å². The highest BCUT2D eigenvalue weighted by atomic mass is 16.5. The third-order valence-electron chi connectivity index (χ3n) is 5.95. The lowest BCUT2D eigenvalue weighted by Gasteiger charge is -2.28. The summed E-state index contributed by atoms with van der Waals surface area (Å²) in [6, 6.07) is 18.1. The third kappa shape index (κ3) is 4.79. The fourth-order valence-electron chi connectivity index (χ4n) is 4.30. The number of fused-ring (bicyclic) bond motifs is 1. The van der Waals surface area contributed by atoms with E-state index in [1.807, 2.05) is 42.5 Å². The summed E-state index contributed by atoms with van der Waals surface area (Å²) in [4.78, 5) is 27.5. The highest BCUT2D eigenvalue weighted by Crippen LogP contribution is 2.28. The number of nitrogens with one attached hydrogen (secondary N) is 2. The standard InChI is InChI=1S/C27H29N5O2/c1-18(2)16-21-4-3-5-23(29-21)24-17-19-10-11-28-27(33)25(19)26(31-24)30-20-6-8-22(9-7-20)32-12-14-34-15-13-32/h3-11,17-18H,12-16H2,1-2H3,(H,28,33)(H,30,31). The summed E-state index contributed by atoms with van der Waals surface area (Å²) in [7, 11) is 0. The van der Waals surface area contributed by atoms with Gasteiger partial charge in [0.2, 0.25) is 0 Å². The number of nitrogens with zero attached hydrogens (tertiary/aromatic N) is 3. The van der Waals surface area contributed by atoms with Crippen LogP contribution in [-0.2, 0) is 11.2 Å². The lowest BCUT2D eigenvalue weighted by molar-refractivity contribution is 0.122. The smallest absolute Gasteiger partial charge is 0.259 e. The number of pyridine rings is 3. The van der Waals surface area contributed by atoms with E-state index in [1.54, 1.807) is 6.20 Å². The predicted octanol–water partition coefficient (Wildman–Crippen LogP) is 4.76. The Morgan fingerprint density at radius 3 is 2.59 bits per heavy atom.